The fraction of sp³-hybridized carbons (Fsp3) is 0.333. The summed E-state index contributed by atoms with van der Waals surface area (Å²) in [6, 6.07) is 6.65. The van der Waals surface area contributed by atoms with Gasteiger partial charge in [-0.3, -0.25) is 14.4 Å². The quantitative estimate of drug-likeness (QED) is 0.768. The molecule has 2 amide bonds. The van der Waals surface area contributed by atoms with Gasteiger partial charge in [0.15, 0.2) is 12.4 Å². The molecule has 8 nitrogen and oxygen atoms in total. The zero-order valence-corrected chi connectivity index (χ0v) is 14.8. The van der Waals surface area contributed by atoms with E-state index in [1.165, 1.54) is 6.07 Å². The van der Waals surface area contributed by atoms with Gasteiger partial charge in [0.25, 0.3) is 17.4 Å². The van der Waals surface area contributed by atoms with Crippen molar-refractivity contribution in [3.63, 3.8) is 0 Å². The number of aromatic amines is 1. The molecule has 0 fully saturated rings. The van der Waals surface area contributed by atoms with E-state index in [2.05, 4.69) is 20.6 Å². The molecular weight excluding hydrogens is 336 g/mol. The number of anilines is 1. The maximum atomic E-state index is 12.4. The Morgan fingerprint density at radius 1 is 1.27 bits per heavy atom. The number of hydrogen-bond donors (Lipinski definition) is 3. The molecule has 136 valence electrons. The van der Waals surface area contributed by atoms with Crippen LogP contribution >= 0.6 is 0 Å². The Hall–Kier alpha value is -3.16. The van der Waals surface area contributed by atoms with E-state index >= 15 is 0 Å². The van der Waals surface area contributed by atoms with Crippen LogP contribution in [0, 0.1) is 0 Å². The molecule has 0 radical (unpaired) electrons. The summed E-state index contributed by atoms with van der Waals surface area (Å²) in [5.41, 5.74) is 1.16. The predicted molar refractivity (Wildman–Crippen MR) is 95.3 cm³/mol. The SMILES string of the molecule is CC(C)(C)c1cc(=O)[nH]c(C(=O)NCc2ccc3c(c2)NC(=O)CO3)n1. The number of rotatable bonds is 3. The molecule has 1 aliphatic rings. The molecule has 0 spiro atoms. The van der Waals surface area contributed by atoms with Crippen LogP contribution in [0.4, 0.5) is 5.69 Å². The number of fused-ring (bicyclic) bond motifs is 1. The number of nitrogens with one attached hydrogen (secondary N) is 3. The topological polar surface area (TPSA) is 113 Å². The third-order valence-electron chi connectivity index (χ3n) is 3.86. The molecule has 1 aromatic carbocycles. The summed E-state index contributed by atoms with van der Waals surface area (Å²) < 4.78 is 5.29. The fourth-order valence-electron chi connectivity index (χ4n) is 2.46. The molecule has 0 aliphatic carbocycles. The lowest BCUT2D eigenvalue weighted by atomic mass is 9.92. The van der Waals surface area contributed by atoms with Gasteiger partial charge in [-0.1, -0.05) is 26.8 Å². The summed E-state index contributed by atoms with van der Waals surface area (Å²) in [5, 5.41) is 5.43. The number of carbonyl (C=O) groups excluding carboxylic acids is 2. The summed E-state index contributed by atoms with van der Waals surface area (Å²) in [5.74, 6) is -0.147. The Bertz CT molecular complexity index is 928. The minimum absolute atomic E-state index is 0.00771. The largest absolute Gasteiger partial charge is 0.482 e. The van der Waals surface area contributed by atoms with Crippen LogP contribution < -0.4 is 20.9 Å². The van der Waals surface area contributed by atoms with Crippen molar-refractivity contribution in [2.75, 3.05) is 11.9 Å². The van der Waals surface area contributed by atoms with Crippen molar-refractivity contribution in [3.8, 4) is 5.75 Å². The Kier molecular flexibility index (Phi) is 4.50. The molecule has 0 bridgehead atoms. The van der Waals surface area contributed by atoms with E-state index in [1.807, 2.05) is 20.8 Å². The van der Waals surface area contributed by atoms with Gasteiger partial charge in [0.2, 0.25) is 0 Å². The monoisotopic (exact) mass is 356 g/mol. The molecule has 0 atom stereocenters. The highest BCUT2D eigenvalue weighted by atomic mass is 16.5. The highest BCUT2D eigenvalue weighted by molar-refractivity contribution is 5.95. The normalized spacial score (nSPS) is 13.4. The smallest absolute Gasteiger partial charge is 0.287 e. The lowest BCUT2D eigenvalue weighted by Gasteiger charge is -2.19. The minimum atomic E-state index is -0.480. The van der Waals surface area contributed by atoms with Gasteiger partial charge in [-0.05, 0) is 17.7 Å². The van der Waals surface area contributed by atoms with Crippen molar-refractivity contribution >= 4 is 17.5 Å². The van der Waals surface area contributed by atoms with Crippen LogP contribution in [0.3, 0.4) is 0 Å². The molecule has 2 heterocycles. The fourth-order valence-corrected chi connectivity index (χ4v) is 2.46. The van der Waals surface area contributed by atoms with Crippen molar-refractivity contribution in [3.05, 3.63) is 51.7 Å². The Labute approximate surface area is 150 Å². The van der Waals surface area contributed by atoms with E-state index in [0.717, 1.165) is 5.56 Å². The van der Waals surface area contributed by atoms with Crippen LogP contribution in [-0.4, -0.2) is 28.4 Å². The summed E-state index contributed by atoms with van der Waals surface area (Å²) in [6.45, 7) is 5.96. The summed E-state index contributed by atoms with van der Waals surface area (Å²) in [7, 11) is 0. The number of aromatic nitrogens is 2. The second-order valence-electron chi connectivity index (χ2n) is 7.08. The van der Waals surface area contributed by atoms with Crippen LogP contribution in [0.1, 0.15) is 42.6 Å². The maximum absolute atomic E-state index is 12.4. The zero-order chi connectivity index (χ0) is 18.9. The molecule has 0 saturated carbocycles. The predicted octanol–water partition coefficient (Wildman–Crippen LogP) is 1.33. The highest BCUT2D eigenvalue weighted by Crippen LogP contribution is 2.28. The van der Waals surface area contributed by atoms with Crippen molar-refractivity contribution in [2.45, 2.75) is 32.7 Å². The number of ether oxygens (including phenoxy) is 1. The third-order valence-corrected chi connectivity index (χ3v) is 3.86. The van der Waals surface area contributed by atoms with Gasteiger partial charge in [0.05, 0.1) is 11.4 Å². The summed E-state index contributed by atoms with van der Waals surface area (Å²) in [6.07, 6.45) is 0. The van der Waals surface area contributed by atoms with Crippen molar-refractivity contribution in [2.24, 2.45) is 0 Å². The molecule has 3 N–H and O–H groups in total. The van der Waals surface area contributed by atoms with Crippen LogP contribution in [-0.2, 0) is 16.8 Å². The standard InChI is InChI=1S/C18H20N4O4/c1-18(2,3)13-7-14(23)22-16(21-13)17(25)19-8-10-4-5-12-11(6-10)20-15(24)9-26-12/h4-7H,8-9H2,1-3H3,(H,19,25)(H,20,24)(H,21,22,23). The molecule has 0 saturated heterocycles. The summed E-state index contributed by atoms with van der Waals surface area (Å²) in [4.78, 5) is 42.2. The van der Waals surface area contributed by atoms with Gasteiger partial charge in [0, 0.05) is 18.0 Å². The molecule has 1 aliphatic heterocycles. The van der Waals surface area contributed by atoms with Gasteiger partial charge in [0.1, 0.15) is 5.75 Å². The van der Waals surface area contributed by atoms with Gasteiger partial charge < -0.3 is 20.4 Å². The number of nitrogens with zero attached hydrogens (tertiary/aromatic N) is 1. The first-order valence-electron chi connectivity index (χ1n) is 8.18. The zero-order valence-electron chi connectivity index (χ0n) is 14.8. The van der Waals surface area contributed by atoms with Crippen molar-refractivity contribution < 1.29 is 14.3 Å². The second kappa shape index (κ2) is 6.62. The van der Waals surface area contributed by atoms with E-state index in [-0.39, 0.29) is 35.9 Å². The molecule has 8 heteroatoms. The van der Waals surface area contributed by atoms with Gasteiger partial charge in [-0.25, -0.2) is 4.98 Å². The third kappa shape index (κ3) is 3.90. The van der Waals surface area contributed by atoms with Gasteiger partial charge in [-0.2, -0.15) is 0 Å². The highest BCUT2D eigenvalue weighted by Gasteiger charge is 2.20. The van der Waals surface area contributed by atoms with Crippen molar-refractivity contribution in [1.82, 2.24) is 15.3 Å². The Balaban J connectivity index is 1.73. The number of amides is 2. The van der Waals surface area contributed by atoms with E-state index in [9.17, 15) is 14.4 Å². The second-order valence-corrected chi connectivity index (χ2v) is 7.08. The first-order chi connectivity index (χ1) is 12.2. The van der Waals surface area contributed by atoms with Crippen LogP contribution in [0.2, 0.25) is 0 Å². The number of hydrogen-bond acceptors (Lipinski definition) is 5. The molecule has 26 heavy (non-hydrogen) atoms. The minimum Gasteiger partial charge on any atom is -0.482 e. The first kappa shape index (κ1) is 17.7. The average Bonchev–Trinajstić information content (AvgIpc) is 2.58. The average molecular weight is 356 g/mol. The van der Waals surface area contributed by atoms with E-state index in [0.29, 0.717) is 17.1 Å². The summed E-state index contributed by atoms with van der Waals surface area (Å²) >= 11 is 0. The molecule has 0 unspecified atom stereocenters. The van der Waals surface area contributed by atoms with Crippen LogP contribution in [0.5, 0.6) is 5.75 Å². The number of benzene rings is 1. The Morgan fingerprint density at radius 2 is 2.04 bits per heavy atom. The number of carbonyl (C=O) groups is 2. The molecule has 1 aromatic heterocycles. The van der Waals surface area contributed by atoms with E-state index in [4.69, 9.17) is 4.74 Å². The first-order valence-corrected chi connectivity index (χ1v) is 8.18. The van der Waals surface area contributed by atoms with Crippen molar-refractivity contribution in [1.29, 1.82) is 0 Å². The van der Waals surface area contributed by atoms with Crippen LogP contribution in [0.15, 0.2) is 29.1 Å². The van der Waals surface area contributed by atoms with Gasteiger partial charge >= 0.3 is 0 Å². The lowest BCUT2D eigenvalue weighted by molar-refractivity contribution is -0.118. The molecule has 3 rings (SSSR count). The lowest BCUT2D eigenvalue weighted by Crippen LogP contribution is -2.30. The van der Waals surface area contributed by atoms with Crippen LogP contribution in [0.25, 0.3) is 0 Å². The van der Waals surface area contributed by atoms with Gasteiger partial charge in [-0.15, -0.1) is 0 Å². The van der Waals surface area contributed by atoms with E-state index in [1.54, 1.807) is 18.2 Å². The molecular formula is C18H20N4O4. The number of H-pyrrole nitrogens is 1. The van der Waals surface area contributed by atoms with E-state index < -0.39 is 5.91 Å². The maximum Gasteiger partial charge on any atom is 0.287 e. The Morgan fingerprint density at radius 3 is 2.77 bits per heavy atom. The molecule has 2 aromatic rings.